The lowest BCUT2D eigenvalue weighted by Gasteiger charge is -2.59. The number of nitrogens with one attached hydrogen (secondary N) is 2. The second kappa shape index (κ2) is 16.7. The average Bonchev–Trinajstić information content (AvgIpc) is 3.87. The van der Waals surface area contributed by atoms with E-state index < -0.39 is 87.7 Å². The fourth-order valence-corrected chi connectivity index (χ4v) is 12.0. The number of nitrogens with two attached hydrogens (primary N) is 2. The van der Waals surface area contributed by atoms with Crippen LogP contribution < -0.4 is 36.5 Å². The van der Waals surface area contributed by atoms with E-state index in [9.17, 15) is 33.8 Å². The molecule has 2 aliphatic carbocycles. The standard InChI is InChI=1S/C46H56FN7O10/c1-43(2)31(37(48)55)23-25-11-17-33(63-5)29(21-25)45(43,39(57)50-41(59)60)52-19-7-9-35(52)54(28-15-13-27(47)14-16-28)36-10-8-20-53(36)46(40(58)51-42(61)62)30-22-26(12-18-34(30)64-6)24-32(38(49)56)44(46,3)4/h11-18,21-22,31-32,35-36H,7-10,19-20,23-24H2,1-6H3,(H2,48,55)(H2,49,56)(H,50,57)(H,51,58)(H,59,60)(H,61,62)/t31?,32?,35?,36?,45-,46-/m0/s1. The number of carbonyl (C=O) groups excluding carboxylic acids is 4. The Morgan fingerprint density at radius 1 is 0.672 bits per heavy atom. The largest absolute Gasteiger partial charge is 0.496 e. The summed E-state index contributed by atoms with van der Waals surface area (Å²) in [6, 6.07) is 16.0. The Morgan fingerprint density at radius 3 is 1.41 bits per heavy atom. The fourth-order valence-electron chi connectivity index (χ4n) is 12.0. The number of primary amides is 2. The molecule has 3 aromatic carbocycles. The molecule has 0 radical (unpaired) electrons. The number of anilines is 1. The van der Waals surface area contributed by atoms with Crippen LogP contribution in [0.2, 0.25) is 0 Å². The van der Waals surface area contributed by atoms with E-state index >= 15 is 9.59 Å². The summed E-state index contributed by atoms with van der Waals surface area (Å²) < 4.78 is 26.8. The molecule has 0 saturated carbocycles. The number of halogens is 1. The molecule has 2 fully saturated rings. The van der Waals surface area contributed by atoms with Gasteiger partial charge >= 0.3 is 12.2 Å². The second-order valence-electron chi connectivity index (χ2n) is 18.3. The zero-order chi connectivity index (χ0) is 46.7. The lowest BCUT2D eigenvalue weighted by molar-refractivity contribution is -0.155. The number of nitrogens with zero attached hydrogens (tertiary/aromatic N) is 3. The first-order valence-corrected chi connectivity index (χ1v) is 21.3. The Balaban J connectivity index is 1.55. The molecule has 18 heteroatoms. The highest BCUT2D eigenvalue weighted by Crippen LogP contribution is 2.60. The zero-order valence-electron chi connectivity index (χ0n) is 36.8. The molecule has 2 aliphatic heterocycles. The van der Waals surface area contributed by atoms with E-state index in [1.807, 2.05) is 14.7 Å². The van der Waals surface area contributed by atoms with Crippen LogP contribution in [-0.2, 0) is 43.1 Å². The van der Waals surface area contributed by atoms with Gasteiger partial charge in [0, 0.05) is 52.6 Å². The zero-order valence-corrected chi connectivity index (χ0v) is 36.8. The summed E-state index contributed by atoms with van der Waals surface area (Å²) in [5.74, 6) is -5.46. The minimum atomic E-state index is -2.01. The summed E-state index contributed by atoms with van der Waals surface area (Å²) in [4.78, 5) is 88.9. The lowest BCUT2D eigenvalue weighted by atomic mass is 9.60. The molecule has 6 amide bonds. The van der Waals surface area contributed by atoms with Crippen LogP contribution in [0.15, 0.2) is 60.7 Å². The molecule has 4 bridgehead atoms. The molecular weight excluding hydrogens is 830 g/mol. The Morgan fingerprint density at radius 2 is 1.06 bits per heavy atom. The molecule has 3 aromatic rings. The van der Waals surface area contributed by atoms with E-state index in [1.165, 1.54) is 26.4 Å². The average molecular weight is 886 g/mol. The molecule has 7 rings (SSSR count). The van der Waals surface area contributed by atoms with Crippen LogP contribution in [0.3, 0.4) is 0 Å². The van der Waals surface area contributed by atoms with Gasteiger partial charge in [-0.15, -0.1) is 0 Å². The normalized spacial score (nSPS) is 27.0. The van der Waals surface area contributed by atoms with Crippen molar-refractivity contribution in [2.24, 2.45) is 34.1 Å². The van der Waals surface area contributed by atoms with Gasteiger partial charge in [-0.25, -0.2) is 14.0 Å². The number of fused-ring (bicyclic) bond motifs is 4. The third-order valence-electron chi connectivity index (χ3n) is 14.7. The van der Waals surface area contributed by atoms with Gasteiger partial charge < -0.3 is 36.1 Å². The Kier molecular flexibility index (Phi) is 11.9. The number of benzene rings is 3. The Hall–Kier alpha value is -6.27. The molecule has 64 heavy (non-hydrogen) atoms. The first-order chi connectivity index (χ1) is 30.2. The van der Waals surface area contributed by atoms with E-state index in [0.717, 1.165) is 0 Å². The maximum atomic E-state index is 15.4. The van der Waals surface area contributed by atoms with E-state index in [4.69, 9.17) is 20.9 Å². The molecule has 8 N–H and O–H groups in total. The predicted molar refractivity (Wildman–Crippen MR) is 230 cm³/mol. The third-order valence-corrected chi connectivity index (χ3v) is 14.7. The van der Waals surface area contributed by atoms with Gasteiger partial charge in [0.2, 0.25) is 11.8 Å². The third kappa shape index (κ3) is 6.88. The van der Waals surface area contributed by atoms with Gasteiger partial charge in [-0.3, -0.25) is 39.6 Å². The Bertz CT molecular complexity index is 2250. The topological polar surface area (TPSA) is 247 Å². The highest BCUT2D eigenvalue weighted by atomic mass is 19.1. The van der Waals surface area contributed by atoms with Crippen molar-refractivity contribution in [2.75, 3.05) is 32.2 Å². The number of carboxylic acid groups (broad SMARTS) is 2. The molecule has 0 aromatic heterocycles. The molecule has 17 nitrogen and oxygen atoms in total. The number of ether oxygens (including phenoxy) is 2. The lowest BCUT2D eigenvalue weighted by Crippen LogP contribution is -2.73. The molecular formula is C46H56FN7O10. The second-order valence-corrected chi connectivity index (χ2v) is 18.3. The molecule has 342 valence electrons. The number of amides is 6. The van der Waals surface area contributed by atoms with Crippen molar-refractivity contribution in [3.05, 3.63) is 88.7 Å². The van der Waals surface area contributed by atoms with Crippen molar-refractivity contribution in [3.8, 4) is 11.5 Å². The van der Waals surface area contributed by atoms with Crippen molar-refractivity contribution >= 4 is 41.5 Å². The maximum Gasteiger partial charge on any atom is 0.411 e. The first kappa shape index (κ1) is 45.7. The first-order valence-electron chi connectivity index (χ1n) is 21.3. The molecule has 2 heterocycles. The number of imide groups is 2. The van der Waals surface area contributed by atoms with Crippen molar-refractivity contribution < 1.29 is 52.8 Å². The van der Waals surface area contributed by atoms with Crippen molar-refractivity contribution in [1.82, 2.24) is 20.4 Å². The number of methoxy groups -OCH3 is 2. The van der Waals surface area contributed by atoms with Crippen LogP contribution in [-0.4, -0.2) is 95.5 Å². The summed E-state index contributed by atoms with van der Waals surface area (Å²) in [5, 5.41) is 24.8. The molecule has 6 atom stereocenters. The molecule has 4 unspecified atom stereocenters. The number of carbonyl (C=O) groups is 6. The van der Waals surface area contributed by atoms with Crippen molar-refractivity contribution in [1.29, 1.82) is 0 Å². The SMILES string of the molecule is COc1ccc2cc1[C@@](C(=O)NC(=O)O)(N1CCCC1N(c1ccc(F)cc1)C1CCCN1[C@]1(C(=O)NC(=O)O)c3cc(ccc3OC)CC(C(N)=O)C1(C)C)C(C)(C)C(C(N)=O)C2. The Labute approximate surface area is 370 Å². The van der Waals surface area contributed by atoms with E-state index in [0.29, 0.717) is 53.6 Å². The number of hydrogen-bond acceptors (Lipinski definition) is 11. The van der Waals surface area contributed by atoms with E-state index in [-0.39, 0.29) is 37.4 Å². The summed E-state index contributed by atoms with van der Waals surface area (Å²) in [6.45, 7) is 7.17. The van der Waals surface area contributed by atoms with Crippen LogP contribution in [0.1, 0.15) is 75.6 Å². The van der Waals surface area contributed by atoms with Gasteiger partial charge in [-0.1, -0.05) is 39.8 Å². The summed E-state index contributed by atoms with van der Waals surface area (Å²) in [5.41, 5.74) is 7.78. The molecule has 0 spiro atoms. The monoisotopic (exact) mass is 885 g/mol. The van der Waals surface area contributed by atoms with Crippen LogP contribution in [0.4, 0.5) is 19.7 Å². The van der Waals surface area contributed by atoms with Gasteiger partial charge in [0.15, 0.2) is 0 Å². The van der Waals surface area contributed by atoms with Crippen molar-refractivity contribution in [3.63, 3.8) is 0 Å². The molecule has 2 saturated heterocycles. The van der Waals surface area contributed by atoms with Crippen LogP contribution >= 0.6 is 0 Å². The minimum Gasteiger partial charge on any atom is -0.496 e. The van der Waals surface area contributed by atoms with Gasteiger partial charge in [0.1, 0.15) is 28.4 Å². The van der Waals surface area contributed by atoms with Crippen LogP contribution in [0, 0.1) is 28.5 Å². The number of rotatable bonds is 11. The highest BCUT2D eigenvalue weighted by Gasteiger charge is 2.68. The van der Waals surface area contributed by atoms with Gasteiger partial charge in [0.25, 0.3) is 11.8 Å². The van der Waals surface area contributed by atoms with Crippen LogP contribution in [0.25, 0.3) is 0 Å². The van der Waals surface area contributed by atoms with E-state index in [2.05, 4.69) is 10.6 Å². The van der Waals surface area contributed by atoms with Gasteiger partial charge in [-0.05, 0) is 98.2 Å². The highest BCUT2D eigenvalue weighted by molar-refractivity contribution is 6.01. The quantitative estimate of drug-likeness (QED) is 0.158. The number of hydrogen-bond donors (Lipinski definition) is 6. The van der Waals surface area contributed by atoms with E-state index in [1.54, 1.807) is 76.2 Å². The fraction of sp³-hybridized carbons (Fsp3) is 0.478. The van der Waals surface area contributed by atoms with Gasteiger partial charge in [0.05, 0.1) is 26.6 Å². The summed E-state index contributed by atoms with van der Waals surface area (Å²) >= 11 is 0. The summed E-state index contributed by atoms with van der Waals surface area (Å²) in [6.07, 6.45) is -3.28. The minimum absolute atomic E-state index is 0.121. The maximum absolute atomic E-state index is 15.4. The predicted octanol–water partition coefficient (Wildman–Crippen LogP) is 4.24. The number of likely N-dealkylation sites (tertiary alicyclic amines) is 2. The molecule has 4 aliphatic rings. The smallest absolute Gasteiger partial charge is 0.411 e. The van der Waals surface area contributed by atoms with Crippen LogP contribution in [0.5, 0.6) is 11.5 Å². The summed E-state index contributed by atoms with van der Waals surface area (Å²) in [7, 11) is 2.85. The van der Waals surface area contributed by atoms with Gasteiger partial charge in [-0.2, -0.15) is 0 Å². The van der Waals surface area contributed by atoms with Crippen molar-refractivity contribution in [2.45, 2.75) is 89.6 Å².